The lowest BCUT2D eigenvalue weighted by molar-refractivity contribution is 0.0119. The first-order chi connectivity index (χ1) is 9.31. The molecule has 2 aliphatic carbocycles. The average Bonchev–Trinajstić information content (AvgIpc) is 3.09. The van der Waals surface area contributed by atoms with E-state index >= 15 is 0 Å². The molecule has 0 radical (unpaired) electrons. The number of nitrogens with two attached hydrogens (primary N) is 1. The van der Waals surface area contributed by atoms with Crippen molar-refractivity contribution in [1.29, 1.82) is 0 Å². The summed E-state index contributed by atoms with van der Waals surface area (Å²) in [6.45, 7) is 0.652. The molecule has 0 amide bonds. The van der Waals surface area contributed by atoms with Crippen LogP contribution < -0.4 is 5.73 Å². The fourth-order valence-corrected chi connectivity index (χ4v) is 3.29. The molecule has 0 saturated heterocycles. The van der Waals surface area contributed by atoms with Crippen LogP contribution in [0.1, 0.15) is 63.1 Å². The van der Waals surface area contributed by atoms with Crippen LogP contribution in [0.3, 0.4) is 0 Å². The Hall–Kier alpha value is -0.870. The Morgan fingerprint density at radius 2 is 1.89 bits per heavy atom. The Bertz CT molecular complexity index is 390. The maximum Gasteiger partial charge on any atom is 0.0910 e. The summed E-state index contributed by atoms with van der Waals surface area (Å²) in [5.41, 5.74) is 6.98. The van der Waals surface area contributed by atoms with E-state index in [1.807, 2.05) is 0 Å². The highest BCUT2D eigenvalue weighted by Crippen LogP contribution is 2.29. The van der Waals surface area contributed by atoms with E-state index in [1.165, 1.54) is 25.7 Å². The van der Waals surface area contributed by atoms with Crippen molar-refractivity contribution in [3.05, 3.63) is 18.0 Å². The van der Waals surface area contributed by atoms with Crippen molar-refractivity contribution in [1.82, 2.24) is 9.78 Å². The van der Waals surface area contributed by atoms with Crippen molar-refractivity contribution < 1.29 is 4.74 Å². The highest BCUT2D eigenvalue weighted by Gasteiger charge is 2.20. The molecular weight excluding hydrogens is 238 g/mol. The molecule has 2 saturated carbocycles. The van der Waals surface area contributed by atoms with Crippen molar-refractivity contribution in [2.24, 2.45) is 5.73 Å². The van der Waals surface area contributed by atoms with E-state index < -0.39 is 0 Å². The Kier molecular flexibility index (Phi) is 4.18. The first-order valence-corrected chi connectivity index (χ1v) is 7.72. The van der Waals surface area contributed by atoms with Gasteiger partial charge in [0.05, 0.1) is 24.4 Å². The van der Waals surface area contributed by atoms with Crippen molar-refractivity contribution in [3.63, 3.8) is 0 Å². The predicted octanol–water partition coefficient (Wildman–Crippen LogP) is 2.78. The molecule has 0 aliphatic heterocycles. The number of aromatic nitrogens is 2. The lowest BCUT2D eigenvalue weighted by atomic mass is 9.94. The molecule has 0 unspecified atom stereocenters. The minimum absolute atomic E-state index is 0.386. The largest absolute Gasteiger partial charge is 0.372 e. The van der Waals surface area contributed by atoms with E-state index in [0.717, 1.165) is 31.4 Å². The summed E-state index contributed by atoms with van der Waals surface area (Å²) in [5.74, 6) is 0. The van der Waals surface area contributed by atoms with Gasteiger partial charge in [0.2, 0.25) is 0 Å². The third-order valence-electron chi connectivity index (χ3n) is 4.55. The molecular formula is C15H25N3O. The summed E-state index contributed by atoms with van der Waals surface area (Å²) in [5, 5.41) is 4.66. The van der Waals surface area contributed by atoms with Crippen LogP contribution in [0.25, 0.3) is 0 Å². The van der Waals surface area contributed by atoms with Crippen LogP contribution in [0, 0.1) is 0 Å². The van der Waals surface area contributed by atoms with Crippen molar-refractivity contribution in [2.45, 2.75) is 76.2 Å². The normalized spacial score (nSPS) is 28.9. The Labute approximate surface area is 115 Å². The summed E-state index contributed by atoms with van der Waals surface area (Å²) in [7, 11) is 0. The van der Waals surface area contributed by atoms with E-state index in [2.05, 4.69) is 22.0 Å². The minimum Gasteiger partial charge on any atom is -0.372 e. The molecule has 2 N–H and O–H groups in total. The summed E-state index contributed by atoms with van der Waals surface area (Å²) in [6, 6.07) is 3.12. The molecule has 106 valence electrons. The maximum atomic E-state index is 5.96. The topological polar surface area (TPSA) is 53.1 Å². The van der Waals surface area contributed by atoms with Crippen molar-refractivity contribution >= 4 is 0 Å². The van der Waals surface area contributed by atoms with Gasteiger partial charge in [0.25, 0.3) is 0 Å². The van der Waals surface area contributed by atoms with Gasteiger partial charge in [0.1, 0.15) is 0 Å². The second-order valence-corrected chi connectivity index (χ2v) is 6.07. The molecule has 3 rings (SSSR count). The van der Waals surface area contributed by atoms with Crippen molar-refractivity contribution in [3.8, 4) is 0 Å². The molecule has 4 nitrogen and oxygen atoms in total. The Morgan fingerprint density at radius 3 is 2.63 bits per heavy atom. The van der Waals surface area contributed by atoms with Gasteiger partial charge < -0.3 is 10.5 Å². The molecule has 1 aromatic rings. The zero-order valence-electron chi connectivity index (χ0n) is 11.6. The van der Waals surface area contributed by atoms with Gasteiger partial charge >= 0.3 is 0 Å². The van der Waals surface area contributed by atoms with Crippen LogP contribution in [0.4, 0.5) is 0 Å². The predicted molar refractivity (Wildman–Crippen MR) is 74.8 cm³/mol. The van der Waals surface area contributed by atoms with E-state index in [9.17, 15) is 0 Å². The lowest BCUT2D eigenvalue weighted by Gasteiger charge is -2.25. The maximum absolute atomic E-state index is 5.96. The highest BCUT2D eigenvalue weighted by atomic mass is 16.5. The third kappa shape index (κ3) is 3.37. The fraction of sp³-hybridized carbons (Fsp3) is 0.800. The van der Waals surface area contributed by atoms with Gasteiger partial charge in [-0.15, -0.1) is 0 Å². The zero-order valence-corrected chi connectivity index (χ0v) is 11.6. The molecule has 1 aromatic heterocycles. The fourth-order valence-electron chi connectivity index (χ4n) is 3.29. The van der Waals surface area contributed by atoms with E-state index in [1.54, 1.807) is 0 Å². The molecule has 1 heterocycles. The molecule has 2 fully saturated rings. The number of hydrogen-bond donors (Lipinski definition) is 1. The molecule has 0 aromatic carbocycles. The van der Waals surface area contributed by atoms with Crippen molar-refractivity contribution in [2.75, 3.05) is 0 Å². The highest BCUT2D eigenvalue weighted by molar-refractivity contribution is 4.99. The minimum atomic E-state index is 0.386. The van der Waals surface area contributed by atoms with Crippen LogP contribution >= 0.6 is 0 Å². The van der Waals surface area contributed by atoms with Crippen LogP contribution in [-0.2, 0) is 11.3 Å². The van der Waals surface area contributed by atoms with Gasteiger partial charge in [-0.2, -0.15) is 5.10 Å². The smallest absolute Gasteiger partial charge is 0.0910 e. The standard InChI is InChI=1S/C15H25N3O/c16-12-5-7-15(8-6-12)19-11-13-9-10-18(17-13)14-3-1-2-4-14/h9-10,12,14-15H,1-8,11,16H2. The lowest BCUT2D eigenvalue weighted by Crippen LogP contribution is -2.30. The van der Waals surface area contributed by atoms with E-state index in [4.69, 9.17) is 10.5 Å². The molecule has 0 bridgehead atoms. The quantitative estimate of drug-likeness (QED) is 0.908. The second kappa shape index (κ2) is 6.06. The van der Waals surface area contributed by atoms with Gasteiger partial charge in [0, 0.05) is 12.2 Å². The summed E-state index contributed by atoms with van der Waals surface area (Å²) >= 11 is 0. The first kappa shape index (κ1) is 13.1. The van der Waals surface area contributed by atoms with Gasteiger partial charge in [-0.3, -0.25) is 4.68 Å². The average molecular weight is 263 g/mol. The number of rotatable bonds is 4. The van der Waals surface area contributed by atoms with E-state index in [0.29, 0.717) is 24.8 Å². The van der Waals surface area contributed by atoms with Crippen LogP contribution in [0.5, 0.6) is 0 Å². The molecule has 4 heteroatoms. The van der Waals surface area contributed by atoms with Crippen LogP contribution in [0.2, 0.25) is 0 Å². The monoisotopic (exact) mass is 263 g/mol. The van der Waals surface area contributed by atoms with Gasteiger partial charge in [-0.25, -0.2) is 0 Å². The molecule has 0 atom stereocenters. The Morgan fingerprint density at radius 1 is 1.16 bits per heavy atom. The number of ether oxygens (including phenoxy) is 1. The first-order valence-electron chi connectivity index (χ1n) is 7.72. The molecule has 2 aliphatic rings. The SMILES string of the molecule is NC1CCC(OCc2ccn(C3CCCC3)n2)CC1. The third-order valence-corrected chi connectivity index (χ3v) is 4.55. The number of hydrogen-bond acceptors (Lipinski definition) is 3. The van der Waals surface area contributed by atoms with Gasteiger partial charge in [-0.1, -0.05) is 12.8 Å². The Balaban J connectivity index is 1.47. The van der Waals surface area contributed by atoms with Gasteiger partial charge in [-0.05, 0) is 44.6 Å². The summed E-state index contributed by atoms with van der Waals surface area (Å²) < 4.78 is 8.10. The second-order valence-electron chi connectivity index (χ2n) is 6.07. The molecule has 0 spiro atoms. The summed E-state index contributed by atoms with van der Waals surface area (Å²) in [6.07, 6.45) is 12.2. The number of nitrogens with zero attached hydrogens (tertiary/aromatic N) is 2. The van der Waals surface area contributed by atoms with E-state index in [-0.39, 0.29) is 0 Å². The van der Waals surface area contributed by atoms with Crippen LogP contribution in [-0.4, -0.2) is 21.9 Å². The zero-order chi connectivity index (χ0) is 13.1. The van der Waals surface area contributed by atoms with Gasteiger partial charge in [0.15, 0.2) is 0 Å². The molecule has 19 heavy (non-hydrogen) atoms. The summed E-state index contributed by atoms with van der Waals surface area (Å²) in [4.78, 5) is 0. The van der Waals surface area contributed by atoms with Crippen LogP contribution in [0.15, 0.2) is 12.3 Å².